The maximum Gasteiger partial charge on any atom is 0.243 e. The summed E-state index contributed by atoms with van der Waals surface area (Å²) in [6.07, 6.45) is 6.04. The fraction of sp³-hybridized carbons (Fsp3) is 0.293. The number of benzene rings is 3. The number of hydrogen-bond donors (Lipinski definition) is 9. The number of aromatic nitrogens is 3. The van der Waals surface area contributed by atoms with Gasteiger partial charge in [-0.15, -0.1) is 0 Å². The summed E-state index contributed by atoms with van der Waals surface area (Å²) in [6, 6.07) is 20.6. The number of aliphatic imine (C=N–C) groups is 1. The number of imidazole rings is 1. The second-order valence-electron chi connectivity index (χ2n) is 13.8. The van der Waals surface area contributed by atoms with Gasteiger partial charge in [0.15, 0.2) is 5.96 Å². The maximum atomic E-state index is 14.3. The highest BCUT2D eigenvalue weighted by molar-refractivity contribution is 5.96. The van der Waals surface area contributed by atoms with Gasteiger partial charge in [0.2, 0.25) is 29.5 Å². The minimum Gasteiger partial charge on any atom is -0.370 e. The van der Waals surface area contributed by atoms with Crippen LogP contribution in [0.3, 0.4) is 0 Å². The smallest absolute Gasteiger partial charge is 0.243 e. The summed E-state index contributed by atoms with van der Waals surface area (Å²) in [4.78, 5) is 80.9. The number of para-hydroxylation sites is 1. The monoisotopic (exact) mass is 775 g/mol. The normalized spacial score (nSPS) is 13.1. The number of nitrogens with two attached hydrogens (primary N) is 3. The van der Waals surface area contributed by atoms with Gasteiger partial charge >= 0.3 is 0 Å². The van der Waals surface area contributed by atoms with Crippen LogP contribution in [0.1, 0.15) is 47.7 Å². The standard InChI is InChI=1S/C41H49N11O5/c1-25(53)49-36(21-30-23-45-24-48-30)40(57)52-35(19-28-15-13-27(14-16-28)18-26-8-3-2-4-9-26)39(56)50-33(12-7-17-46-41(43)44)38(55)51-34(37(42)54)20-29-22-47-32-11-6-5-10-31(29)32/h2-6,8-11,13-16,22-24,33-36,47H,7,12,17-21H2,1H3,(H2,42,54)(H,45,48)(H,49,53)(H,50,56)(H,51,55)(H,52,57)(H4,43,44,46)/t33-,34-,35+,36-/m0/s1. The first-order valence-corrected chi connectivity index (χ1v) is 18.6. The quantitative estimate of drug-likeness (QED) is 0.0312. The van der Waals surface area contributed by atoms with E-state index in [9.17, 15) is 24.0 Å². The van der Waals surface area contributed by atoms with Crippen molar-refractivity contribution in [2.45, 2.75) is 69.6 Å². The van der Waals surface area contributed by atoms with Crippen LogP contribution in [-0.2, 0) is 49.7 Å². The van der Waals surface area contributed by atoms with Crippen LogP contribution in [0.25, 0.3) is 10.9 Å². The third-order valence-electron chi connectivity index (χ3n) is 9.36. The molecule has 16 nitrogen and oxygen atoms in total. The lowest BCUT2D eigenvalue weighted by Crippen LogP contribution is -2.59. The van der Waals surface area contributed by atoms with Crippen molar-refractivity contribution in [1.29, 1.82) is 0 Å². The van der Waals surface area contributed by atoms with Crippen LogP contribution in [0.5, 0.6) is 0 Å². The van der Waals surface area contributed by atoms with E-state index < -0.39 is 53.7 Å². The van der Waals surface area contributed by atoms with Crippen LogP contribution in [0.2, 0.25) is 0 Å². The van der Waals surface area contributed by atoms with E-state index in [2.05, 4.69) is 41.2 Å². The first-order chi connectivity index (χ1) is 27.4. The number of aromatic amines is 2. The topological polar surface area (TPSA) is 268 Å². The summed E-state index contributed by atoms with van der Waals surface area (Å²) < 4.78 is 0. The number of nitrogens with zero attached hydrogens (tertiary/aromatic N) is 2. The van der Waals surface area contributed by atoms with E-state index in [1.54, 1.807) is 6.20 Å². The Labute approximate surface area is 329 Å². The van der Waals surface area contributed by atoms with Crippen molar-refractivity contribution in [2.24, 2.45) is 22.2 Å². The molecule has 0 aliphatic heterocycles. The molecule has 0 bridgehead atoms. The van der Waals surface area contributed by atoms with Gasteiger partial charge in [-0.1, -0.05) is 72.8 Å². The number of nitrogens with one attached hydrogen (secondary N) is 6. The Hall–Kier alpha value is -6.97. The van der Waals surface area contributed by atoms with Gasteiger partial charge < -0.3 is 48.4 Å². The van der Waals surface area contributed by atoms with Gasteiger partial charge in [0, 0.05) is 61.7 Å². The van der Waals surface area contributed by atoms with E-state index >= 15 is 0 Å². The molecule has 0 fully saturated rings. The van der Waals surface area contributed by atoms with E-state index in [0.29, 0.717) is 12.1 Å². The molecule has 12 N–H and O–H groups in total. The second-order valence-corrected chi connectivity index (χ2v) is 13.8. The fourth-order valence-corrected chi connectivity index (χ4v) is 6.47. The molecule has 5 aromatic rings. The van der Waals surface area contributed by atoms with E-state index in [4.69, 9.17) is 17.2 Å². The van der Waals surface area contributed by atoms with Crippen molar-refractivity contribution in [2.75, 3.05) is 6.54 Å². The molecule has 0 unspecified atom stereocenters. The average molecular weight is 776 g/mol. The second kappa shape index (κ2) is 20.1. The number of hydrogen-bond acceptors (Lipinski definition) is 7. The largest absolute Gasteiger partial charge is 0.370 e. The number of carbonyl (C=O) groups is 5. The molecule has 0 aliphatic carbocycles. The van der Waals surface area contributed by atoms with Crippen LogP contribution < -0.4 is 38.5 Å². The molecule has 2 aromatic heterocycles. The van der Waals surface area contributed by atoms with E-state index in [0.717, 1.165) is 33.2 Å². The summed E-state index contributed by atoms with van der Waals surface area (Å²) >= 11 is 0. The molecule has 16 heteroatoms. The Balaban J connectivity index is 1.38. The number of amides is 5. The minimum absolute atomic E-state index is 0.0485. The van der Waals surface area contributed by atoms with Gasteiger partial charge in [0.25, 0.3) is 0 Å². The Morgan fingerprint density at radius 2 is 1.30 bits per heavy atom. The molecule has 5 amide bonds. The molecule has 2 heterocycles. The lowest BCUT2D eigenvalue weighted by atomic mass is 9.99. The lowest BCUT2D eigenvalue weighted by molar-refractivity contribution is -0.134. The number of guanidine groups is 1. The molecule has 3 aromatic carbocycles. The van der Waals surface area contributed by atoms with Gasteiger partial charge in [-0.25, -0.2) is 4.98 Å². The third-order valence-corrected chi connectivity index (χ3v) is 9.36. The minimum atomic E-state index is -1.19. The number of primary amides is 1. The van der Waals surface area contributed by atoms with Crippen molar-refractivity contribution in [3.8, 4) is 0 Å². The Morgan fingerprint density at radius 3 is 1.96 bits per heavy atom. The van der Waals surface area contributed by atoms with Gasteiger partial charge in [0.1, 0.15) is 24.2 Å². The summed E-state index contributed by atoms with van der Waals surface area (Å²) in [5.74, 6) is -3.30. The van der Waals surface area contributed by atoms with Crippen molar-refractivity contribution in [3.63, 3.8) is 0 Å². The highest BCUT2D eigenvalue weighted by Gasteiger charge is 2.31. The van der Waals surface area contributed by atoms with Crippen molar-refractivity contribution < 1.29 is 24.0 Å². The molecule has 57 heavy (non-hydrogen) atoms. The molecule has 0 spiro atoms. The van der Waals surface area contributed by atoms with Crippen LogP contribution in [0, 0.1) is 0 Å². The number of carbonyl (C=O) groups excluding carboxylic acids is 5. The Morgan fingerprint density at radius 1 is 0.684 bits per heavy atom. The van der Waals surface area contributed by atoms with Gasteiger partial charge in [-0.2, -0.15) is 0 Å². The summed E-state index contributed by atoms with van der Waals surface area (Å²) in [6.45, 7) is 1.45. The zero-order valence-corrected chi connectivity index (χ0v) is 31.7. The molecule has 0 radical (unpaired) electrons. The van der Waals surface area contributed by atoms with Gasteiger partial charge in [0.05, 0.1) is 6.33 Å². The number of rotatable bonds is 20. The van der Waals surface area contributed by atoms with Gasteiger partial charge in [-0.3, -0.25) is 29.0 Å². The molecular weight excluding hydrogens is 727 g/mol. The van der Waals surface area contributed by atoms with E-state index in [1.807, 2.05) is 78.9 Å². The SMILES string of the molecule is CC(=O)N[C@@H](Cc1cnc[nH]1)C(=O)N[C@H](Cc1ccc(Cc2ccccc2)cc1)C(=O)N[C@@H](CCCN=C(N)N)C(=O)N[C@@H](Cc1c[nH]c2ccccc12)C(N)=O. The number of fused-ring (bicyclic) bond motifs is 1. The molecule has 0 saturated heterocycles. The zero-order valence-electron chi connectivity index (χ0n) is 31.7. The molecule has 0 saturated carbocycles. The van der Waals surface area contributed by atoms with Crippen molar-refractivity contribution in [1.82, 2.24) is 36.2 Å². The van der Waals surface area contributed by atoms with Crippen molar-refractivity contribution >= 4 is 46.4 Å². The fourth-order valence-electron chi connectivity index (χ4n) is 6.47. The molecule has 5 rings (SSSR count). The zero-order chi connectivity index (χ0) is 40.7. The van der Waals surface area contributed by atoms with E-state index in [1.165, 1.54) is 19.4 Å². The summed E-state index contributed by atoms with van der Waals surface area (Å²) in [5.41, 5.74) is 21.9. The molecule has 298 valence electrons. The maximum absolute atomic E-state index is 14.3. The predicted octanol–water partition coefficient (Wildman–Crippen LogP) is 1.01. The highest BCUT2D eigenvalue weighted by atomic mass is 16.2. The highest BCUT2D eigenvalue weighted by Crippen LogP contribution is 2.19. The summed E-state index contributed by atoms with van der Waals surface area (Å²) in [7, 11) is 0. The molecule has 4 atom stereocenters. The van der Waals surface area contributed by atoms with Gasteiger partial charge in [-0.05, 0) is 47.6 Å². The summed E-state index contributed by atoms with van der Waals surface area (Å²) in [5, 5.41) is 11.8. The first kappa shape index (κ1) is 41.2. The van der Waals surface area contributed by atoms with Crippen LogP contribution in [-0.4, -0.2) is 81.2 Å². The van der Waals surface area contributed by atoms with E-state index in [-0.39, 0.29) is 44.6 Å². The number of H-pyrrole nitrogens is 2. The lowest BCUT2D eigenvalue weighted by Gasteiger charge is -2.26. The average Bonchev–Trinajstić information content (AvgIpc) is 3.86. The van der Waals surface area contributed by atoms with Crippen LogP contribution in [0.4, 0.5) is 0 Å². The van der Waals surface area contributed by atoms with Crippen molar-refractivity contribution in [3.05, 3.63) is 126 Å². The Bertz CT molecular complexity index is 2150. The molecule has 0 aliphatic rings. The Kier molecular flexibility index (Phi) is 14.5. The van der Waals surface area contributed by atoms with Crippen LogP contribution >= 0.6 is 0 Å². The van der Waals surface area contributed by atoms with Crippen LogP contribution in [0.15, 0.2) is 103 Å². The first-order valence-electron chi connectivity index (χ1n) is 18.6. The predicted molar refractivity (Wildman–Crippen MR) is 216 cm³/mol. The molecular formula is C41H49N11O5. The third kappa shape index (κ3) is 12.5.